The summed E-state index contributed by atoms with van der Waals surface area (Å²) in [4.78, 5) is 20.8. The molecule has 0 bridgehead atoms. The van der Waals surface area contributed by atoms with E-state index < -0.39 is 11.9 Å². The minimum Gasteiger partial charge on any atom is -0.504 e. The zero-order chi connectivity index (χ0) is 25.8. The Morgan fingerprint density at radius 2 is 1.91 bits per heavy atom. The van der Waals surface area contributed by atoms with Crippen LogP contribution in [0.4, 0.5) is 36.4 Å². The van der Waals surface area contributed by atoms with E-state index >= 15 is 0 Å². The maximum absolute atomic E-state index is 12.8. The highest BCUT2D eigenvalue weighted by atomic mass is 35.5. The van der Waals surface area contributed by atoms with Crippen LogP contribution in [-0.4, -0.2) is 51.1 Å². The Labute approximate surface area is 206 Å². The minimum atomic E-state index is -4.50. The SMILES string of the molecule is CC1Cc2c(nc(N(C)C)nc2Nc2ccc(C(F)(F)F)nc2)CN1c1ncccc1O.CCCl. The van der Waals surface area contributed by atoms with Crippen molar-refractivity contribution in [2.75, 3.05) is 35.1 Å². The molecule has 35 heavy (non-hydrogen) atoms. The predicted octanol–water partition coefficient (Wildman–Crippen LogP) is 5.00. The van der Waals surface area contributed by atoms with E-state index in [1.807, 2.05) is 18.7 Å². The van der Waals surface area contributed by atoms with Crippen molar-refractivity contribution in [1.29, 1.82) is 0 Å². The summed E-state index contributed by atoms with van der Waals surface area (Å²) in [7, 11) is 3.61. The minimum absolute atomic E-state index is 0.0246. The highest BCUT2D eigenvalue weighted by Crippen LogP contribution is 2.35. The second-order valence-electron chi connectivity index (χ2n) is 8.04. The molecule has 1 aliphatic heterocycles. The molecule has 0 radical (unpaired) electrons. The summed E-state index contributed by atoms with van der Waals surface area (Å²) in [5.74, 6) is 2.24. The third-order valence-corrected chi connectivity index (χ3v) is 5.19. The molecule has 1 atom stereocenters. The van der Waals surface area contributed by atoms with Crippen molar-refractivity contribution in [3.63, 3.8) is 0 Å². The Morgan fingerprint density at radius 3 is 2.49 bits per heavy atom. The molecule has 3 aromatic heterocycles. The quantitative estimate of drug-likeness (QED) is 0.475. The number of aromatic hydroxyl groups is 1. The molecule has 0 saturated carbocycles. The van der Waals surface area contributed by atoms with Crippen LogP contribution in [0.15, 0.2) is 36.7 Å². The van der Waals surface area contributed by atoms with Crippen LogP contribution in [0.1, 0.15) is 30.8 Å². The molecule has 1 unspecified atom stereocenters. The van der Waals surface area contributed by atoms with Gasteiger partial charge in [-0.3, -0.25) is 0 Å². The first-order valence-corrected chi connectivity index (χ1v) is 11.4. The van der Waals surface area contributed by atoms with Crippen LogP contribution in [0.2, 0.25) is 0 Å². The molecule has 188 valence electrons. The number of nitrogens with zero attached hydrogens (tertiary/aromatic N) is 6. The number of halogens is 4. The molecule has 2 N–H and O–H groups in total. The van der Waals surface area contributed by atoms with Gasteiger partial charge in [-0.15, -0.1) is 11.6 Å². The Balaban J connectivity index is 0.00000108. The van der Waals surface area contributed by atoms with Gasteiger partial charge in [-0.25, -0.2) is 15.0 Å². The average Bonchev–Trinajstić information content (AvgIpc) is 2.79. The molecule has 0 spiro atoms. The van der Waals surface area contributed by atoms with Crippen molar-refractivity contribution in [3.8, 4) is 5.75 Å². The van der Waals surface area contributed by atoms with Crippen LogP contribution in [0.5, 0.6) is 5.75 Å². The Kier molecular flexibility index (Phi) is 8.21. The summed E-state index contributed by atoms with van der Waals surface area (Å²) in [5, 5.41) is 13.4. The van der Waals surface area contributed by atoms with E-state index in [1.54, 1.807) is 37.3 Å². The lowest BCUT2D eigenvalue weighted by atomic mass is 9.98. The van der Waals surface area contributed by atoms with Crippen LogP contribution >= 0.6 is 11.6 Å². The molecule has 0 amide bonds. The van der Waals surface area contributed by atoms with E-state index in [-0.39, 0.29) is 11.8 Å². The van der Waals surface area contributed by atoms with Crippen LogP contribution in [0, 0.1) is 0 Å². The van der Waals surface area contributed by atoms with Crippen LogP contribution < -0.4 is 15.1 Å². The van der Waals surface area contributed by atoms with Gasteiger partial charge in [0.05, 0.1) is 24.1 Å². The van der Waals surface area contributed by atoms with Crippen molar-refractivity contribution < 1.29 is 18.3 Å². The lowest BCUT2D eigenvalue weighted by molar-refractivity contribution is -0.141. The number of nitrogens with one attached hydrogen (secondary N) is 1. The van der Waals surface area contributed by atoms with Gasteiger partial charge in [0.2, 0.25) is 5.95 Å². The van der Waals surface area contributed by atoms with E-state index in [0.717, 1.165) is 29.4 Å². The van der Waals surface area contributed by atoms with Crippen LogP contribution in [0.3, 0.4) is 0 Å². The van der Waals surface area contributed by atoms with Gasteiger partial charge in [-0.05, 0) is 37.6 Å². The highest BCUT2D eigenvalue weighted by Gasteiger charge is 2.32. The van der Waals surface area contributed by atoms with Crippen molar-refractivity contribution in [2.24, 2.45) is 0 Å². The Bertz CT molecular complexity index is 1140. The van der Waals surface area contributed by atoms with Crippen molar-refractivity contribution in [3.05, 3.63) is 53.6 Å². The van der Waals surface area contributed by atoms with Gasteiger partial charge < -0.3 is 20.2 Å². The molecule has 0 saturated heterocycles. The summed E-state index contributed by atoms with van der Waals surface area (Å²) in [6, 6.07) is 5.47. The molecule has 1 aliphatic rings. The number of rotatable bonds is 4. The van der Waals surface area contributed by atoms with Crippen LogP contribution in [0.25, 0.3) is 0 Å². The summed E-state index contributed by atoms with van der Waals surface area (Å²) in [5.41, 5.74) is 1.03. The largest absolute Gasteiger partial charge is 0.504 e. The van der Waals surface area contributed by atoms with E-state index in [0.29, 0.717) is 36.2 Å². The molecule has 4 heterocycles. The summed E-state index contributed by atoms with van der Waals surface area (Å²) in [6.45, 7) is 4.28. The number of fused-ring (bicyclic) bond motifs is 1. The first kappa shape index (κ1) is 26.3. The van der Waals surface area contributed by atoms with E-state index in [2.05, 4.69) is 25.3 Å². The summed E-state index contributed by atoms with van der Waals surface area (Å²) >= 11 is 5.00. The van der Waals surface area contributed by atoms with Crippen molar-refractivity contribution in [2.45, 2.75) is 39.0 Å². The maximum atomic E-state index is 12.8. The number of aromatic nitrogens is 4. The Hall–Kier alpha value is -3.34. The third-order valence-electron chi connectivity index (χ3n) is 5.19. The smallest absolute Gasteiger partial charge is 0.433 e. The fourth-order valence-electron chi connectivity index (χ4n) is 3.55. The molecular formula is C23H27ClF3N7O. The molecule has 8 nitrogen and oxygen atoms in total. The van der Waals surface area contributed by atoms with Crippen LogP contribution in [-0.2, 0) is 19.1 Å². The summed E-state index contributed by atoms with van der Waals surface area (Å²) < 4.78 is 38.5. The summed E-state index contributed by atoms with van der Waals surface area (Å²) in [6.07, 6.45) is -1.19. The number of hydrogen-bond acceptors (Lipinski definition) is 8. The molecule has 0 aromatic carbocycles. The van der Waals surface area contributed by atoms with Gasteiger partial charge in [-0.2, -0.15) is 18.2 Å². The number of hydrogen-bond donors (Lipinski definition) is 2. The molecular weight excluding hydrogens is 483 g/mol. The van der Waals surface area contributed by atoms with Gasteiger partial charge >= 0.3 is 6.18 Å². The van der Waals surface area contributed by atoms with Crippen molar-refractivity contribution in [1.82, 2.24) is 19.9 Å². The lowest BCUT2D eigenvalue weighted by Gasteiger charge is -2.36. The topological polar surface area (TPSA) is 90.3 Å². The van der Waals surface area contributed by atoms with Crippen molar-refractivity contribution >= 4 is 34.9 Å². The van der Waals surface area contributed by atoms with Gasteiger partial charge in [-0.1, -0.05) is 6.92 Å². The van der Waals surface area contributed by atoms with E-state index in [4.69, 9.17) is 11.6 Å². The second kappa shape index (κ2) is 10.9. The van der Waals surface area contributed by atoms with E-state index in [1.165, 1.54) is 6.07 Å². The molecule has 12 heteroatoms. The second-order valence-corrected chi connectivity index (χ2v) is 8.58. The van der Waals surface area contributed by atoms with Gasteiger partial charge in [0.15, 0.2) is 11.6 Å². The standard InChI is InChI=1S/C21H22F3N7O.C2H5Cl/c1-12-9-14-15(11-31(12)19-16(32)5-4-8-25-19)28-20(30(2)3)29-18(14)27-13-6-7-17(26-10-13)21(22,23)24;1-2-3/h4-8,10,12,32H,9,11H2,1-3H3,(H,27,28,29);2H2,1H3. The number of alkyl halides is 4. The van der Waals surface area contributed by atoms with E-state index in [9.17, 15) is 18.3 Å². The fraction of sp³-hybridized carbons (Fsp3) is 0.391. The third kappa shape index (κ3) is 6.21. The Morgan fingerprint density at radius 1 is 1.20 bits per heavy atom. The first-order chi connectivity index (χ1) is 16.5. The zero-order valence-electron chi connectivity index (χ0n) is 19.8. The maximum Gasteiger partial charge on any atom is 0.433 e. The molecule has 4 rings (SSSR count). The van der Waals surface area contributed by atoms with Gasteiger partial charge in [0, 0.05) is 37.8 Å². The average molecular weight is 510 g/mol. The fourth-order valence-corrected chi connectivity index (χ4v) is 3.55. The molecule has 0 fully saturated rings. The number of pyridine rings is 2. The normalized spacial score (nSPS) is 15.1. The zero-order valence-corrected chi connectivity index (χ0v) is 20.6. The number of anilines is 4. The highest BCUT2D eigenvalue weighted by molar-refractivity contribution is 6.17. The van der Waals surface area contributed by atoms with Gasteiger partial charge in [0.1, 0.15) is 11.5 Å². The molecule has 0 aliphatic carbocycles. The molecule has 3 aromatic rings. The lowest BCUT2D eigenvalue weighted by Crippen LogP contribution is -2.40. The monoisotopic (exact) mass is 509 g/mol. The van der Waals surface area contributed by atoms with Gasteiger partial charge in [0.25, 0.3) is 0 Å². The predicted molar refractivity (Wildman–Crippen MR) is 131 cm³/mol. The first-order valence-electron chi connectivity index (χ1n) is 10.9.